The van der Waals surface area contributed by atoms with Crippen LogP contribution in [-0.2, 0) is 0 Å². The zero-order valence-corrected chi connectivity index (χ0v) is 19.7. The number of benzene rings is 2. The fourth-order valence-corrected chi connectivity index (χ4v) is 4.81. The van der Waals surface area contributed by atoms with Crippen molar-refractivity contribution < 1.29 is 9.72 Å². The molecule has 9 heteroatoms. The number of hydrogen-bond acceptors (Lipinski definition) is 6. The molecule has 1 aliphatic carbocycles. The molecule has 1 saturated carbocycles. The van der Waals surface area contributed by atoms with Crippen LogP contribution in [0.15, 0.2) is 48.5 Å². The van der Waals surface area contributed by atoms with E-state index in [0.717, 1.165) is 48.1 Å². The Balaban J connectivity index is 1.48. The van der Waals surface area contributed by atoms with Crippen molar-refractivity contribution in [2.45, 2.75) is 44.7 Å². The number of para-hydroxylation sites is 1. The number of nitro groups is 1. The van der Waals surface area contributed by atoms with E-state index in [4.69, 9.17) is 10.7 Å². The quantitative estimate of drug-likeness (QED) is 0.400. The number of nitrogens with one attached hydrogen (secondary N) is 1. The number of hydrogen-bond donors (Lipinski definition) is 2. The second-order valence-corrected chi connectivity index (χ2v) is 9.02. The molecule has 2 aromatic carbocycles. The highest BCUT2D eigenvalue weighted by atomic mass is 16.6. The molecule has 34 heavy (non-hydrogen) atoms. The molecular formula is C25H30N6O3. The van der Waals surface area contributed by atoms with Crippen LogP contribution < -0.4 is 20.9 Å². The molecule has 2 amide bonds. The van der Waals surface area contributed by atoms with Gasteiger partial charge in [0.1, 0.15) is 5.82 Å². The Morgan fingerprint density at radius 3 is 2.41 bits per heavy atom. The van der Waals surface area contributed by atoms with Crippen molar-refractivity contribution in [3.05, 3.63) is 64.2 Å². The maximum atomic E-state index is 12.4. The number of nitrogens with zero attached hydrogens (tertiary/aromatic N) is 4. The van der Waals surface area contributed by atoms with Crippen LogP contribution in [0.2, 0.25) is 0 Å². The molecule has 0 unspecified atom stereocenters. The second kappa shape index (κ2) is 9.54. The summed E-state index contributed by atoms with van der Waals surface area (Å²) >= 11 is 0. The molecule has 9 nitrogen and oxygen atoms in total. The van der Waals surface area contributed by atoms with Gasteiger partial charge in [-0.1, -0.05) is 18.2 Å². The fraction of sp³-hybridized carbons (Fsp3) is 0.360. The number of rotatable bonds is 6. The Morgan fingerprint density at radius 1 is 1.09 bits per heavy atom. The van der Waals surface area contributed by atoms with E-state index in [0.29, 0.717) is 11.3 Å². The highest BCUT2D eigenvalue weighted by Gasteiger charge is 2.30. The number of amides is 2. The van der Waals surface area contributed by atoms with E-state index in [-0.39, 0.29) is 17.8 Å². The van der Waals surface area contributed by atoms with Gasteiger partial charge in [-0.05, 0) is 50.3 Å². The molecule has 1 aromatic heterocycles. The van der Waals surface area contributed by atoms with Gasteiger partial charge in [0.15, 0.2) is 0 Å². The van der Waals surface area contributed by atoms with Crippen LogP contribution in [0.3, 0.4) is 0 Å². The van der Waals surface area contributed by atoms with E-state index in [1.807, 2.05) is 32.3 Å². The number of aromatic nitrogens is 1. The standard InChI is InChI=1S/C25H30N6O3/c1-16-14-19(31(33)34)12-13-22(16)30(25(26)32)18-10-8-17(9-11-18)27-24-15-23(29(2)3)20-6-4-5-7-21(20)28-24/h4-7,12-15,17-18H,8-11H2,1-3H3,(H2,26,32)(H,27,28). The lowest BCUT2D eigenvalue weighted by Gasteiger charge is -2.37. The van der Waals surface area contributed by atoms with Gasteiger partial charge in [-0.25, -0.2) is 9.78 Å². The number of non-ortho nitro benzene ring substituents is 1. The summed E-state index contributed by atoms with van der Waals surface area (Å²) in [6.45, 7) is 1.76. The molecule has 0 atom stereocenters. The maximum Gasteiger partial charge on any atom is 0.319 e. The summed E-state index contributed by atoms with van der Waals surface area (Å²) < 4.78 is 0. The number of pyridine rings is 1. The van der Waals surface area contributed by atoms with E-state index in [1.165, 1.54) is 12.1 Å². The van der Waals surface area contributed by atoms with Crippen LogP contribution in [0.1, 0.15) is 31.2 Å². The summed E-state index contributed by atoms with van der Waals surface area (Å²) in [4.78, 5) is 31.5. The van der Waals surface area contributed by atoms with Gasteiger partial charge in [0.05, 0.1) is 10.4 Å². The van der Waals surface area contributed by atoms with Crippen molar-refractivity contribution in [1.29, 1.82) is 0 Å². The molecular weight excluding hydrogens is 432 g/mol. The van der Waals surface area contributed by atoms with Crippen LogP contribution in [0.5, 0.6) is 0 Å². The highest BCUT2D eigenvalue weighted by molar-refractivity contribution is 5.93. The number of carbonyl (C=O) groups excluding carboxylic acids is 1. The number of aryl methyl sites for hydroxylation is 1. The largest absolute Gasteiger partial charge is 0.377 e. The molecule has 0 radical (unpaired) electrons. The molecule has 3 aromatic rings. The number of nitro benzene ring substituents is 1. The number of carbonyl (C=O) groups is 1. The van der Waals surface area contributed by atoms with E-state index in [2.05, 4.69) is 22.3 Å². The topological polar surface area (TPSA) is 118 Å². The lowest BCUT2D eigenvalue weighted by atomic mass is 9.89. The lowest BCUT2D eigenvalue weighted by molar-refractivity contribution is -0.384. The Labute approximate surface area is 198 Å². The fourth-order valence-electron chi connectivity index (χ4n) is 4.81. The minimum Gasteiger partial charge on any atom is -0.377 e. The molecule has 0 spiro atoms. The second-order valence-electron chi connectivity index (χ2n) is 9.02. The zero-order valence-electron chi connectivity index (χ0n) is 19.7. The first-order chi connectivity index (χ1) is 16.2. The van der Waals surface area contributed by atoms with E-state index >= 15 is 0 Å². The molecule has 4 rings (SSSR count). The first-order valence-corrected chi connectivity index (χ1v) is 11.4. The third kappa shape index (κ3) is 4.73. The van der Waals surface area contributed by atoms with Gasteiger partial charge >= 0.3 is 6.03 Å². The summed E-state index contributed by atoms with van der Waals surface area (Å²) in [5.74, 6) is 0.837. The van der Waals surface area contributed by atoms with Gasteiger partial charge in [-0.3, -0.25) is 15.0 Å². The average molecular weight is 463 g/mol. The van der Waals surface area contributed by atoms with Crippen molar-refractivity contribution in [2.24, 2.45) is 5.73 Å². The number of urea groups is 1. The smallest absolute Gasteiger partial charge is 0.319 e. The van der Waals surface area contributed by atoms with Crippen molar-refractivity contribution in [2.75, 3.05) is 29.2 Å². The third-order valence-electron chi connectivity index (χ3n) is 6.48. The Bertz CT molecular complexity index is 1220. The van der Waals surface area contributed by atoms with Crippen LogP contribution >= 0.6 is 0 Å². The molecule has 0 aliphatic heterocycles. The van der Waals surface area contributed by atoms with Gasteiger partial charge in [-0.15, -0.1) is 0 Å². The monoisotopic (exact) mass is 462 g/mol. The van der Waals surface area contributed by atoms with Gasteiger partial charge in [0.2, 0.25) is 0 Å². The van der Waals surface area contributed by atoms with Gasteiger partial charge in [-0.2, -0.15) is 0 Å². The summed E-state index contributed by atoms with van der Waals surface area (Å²) in [5, 5.41) is 15.8. The van der Waals surface area contributed by atoms with Crippen molar-refractivity contribution in [3.8, 4) is 0 Å². The number of primary amides is 1. The molecule has 1 fully saturated rings. The molecule has 1 heterocycles. The Morgan fingerprint density at radius 2 is 1.79 bits per heavy atom. The van der Waals surface area contributed by atoms with Crippen LogP contribution in [0.4, 0.5) is 27.7 Å². The normalized spacial score (nSPS) is 17.9. The summed E-state index contributed by atoms with van der Waals surface area (Å²) in [6, 6.07) is 14.3. The summed E-state index contributed by atoms with van der Waals surface area (Å²) in [5.41, 5.74) is 9.08. The SMILES string of the molecule is Cc1cc([N+](=O)[O-])ccc1N(C(N)=O)C1CCC(Nc2cc(N(C)C)c3ccccc3n2)CC1. The van der Waals surface area contributed by atoms with Gasteiger partial charge in [0, 0.05) is 61.1 Å². The number of nitrogens with two attached hydrogens (primary N) is 1. The Kier molecular flexibility index (Phi) is 6.54. The minimum absolute atomic E-state index is 0.00134. The predicted molar refractivity (Wildman–Crippen MR) is 136 cm³/mol. The van der Waals surface area contributed by atoms with Crippen molar-refractivity contribution in [3.63, 3.8) is 0 Å². The van der Waals surface area contributed by atoms with Crippen molar-refractivity contribution >= 4 is 39.8 Å². The first-order valence-electron chi connectivity index (χ1n) is 11.4. The van der Waals surface area contributed by atoms with E-state index in [9.17, 15) is 14.9 Å². The zero-order chi connectivity index (χ0) is 24.4. The van der Waals surface area contributed by atoms with Crippen LogP contribution in [0.25, 0.3) is 10.9 Å². The number of fused-ring (bicyclic) bond motifs is 1. The van der Waals surface area contributed by atoms with E-state index < -0.39 is 11.0 Å². The lowest BCUT2D eigenvalue weighted by Crippen LogP contribution is -2.47. The van der Waals surface area contributed by atoms with Gasteiger partial charge in [0.25, 0.3) is 5.69 Å². The summed E-state index contributed by atoms with van der Waals surface area (Å²) in [7, 11) is 4.05. The minimum atomic E-state index is -0.541. The molecule has 3 N–H and O–H groups in total. The van der Waals surface area contributed by atoms with Crippen LogP contribution in [-0.4, -0.2) is 42.1 Å². The Hall–Kier alpha value is -3.88. The molecule has 178 valence electrons. The highest BCUT2D eigenvalue weighted by Crippen LogP contribution is 2.33. The average Bonchev–Trinajstić information content (AvgIpc) is 2.80. The van der Waals surface area contributed by atoms with Crippen LogP contribution in [0, 0.1) is 17.0 Å². The van der Waals surface area contributed by atoms with Crippen molar-refractivity contribution in [1.82, 2.24) is 4.98 Å². The molecule has 0 saturated heterocycles. The third-order valence-corrected chi connectivity index (χ3v) is 6.48. The number of anilines is 3. The van der Waals surface area contributed by atoms with Gasteiger partial charge < -0.3 is 16.0 Å². The first kappa shape index (κ1) is 23.3. The molecule has 1 aliphatic rings. The molecule has 0 bridgehead atoms. The van der Waals surface area contributed by atoms with E-state index in [1.54, 1.807) is 17.9 Å². The summed E-state index contributed by atoms with van der Waals surface area (Å²) in [6.07, 6.45) is 3.24. The maximum absolute atomic E-state index is 12.4. The predicted octanol–water partition coefficient (Wildman–Crippen LogP) is 4.83.